The van der Waals surface area contributed by atoms with Crippen molar-refractivity contribution in [1.82, 2.24) is 0 Å². The monoisotopic (exact) mass is 572 g/mol. The SMILES string of the molecule is CCCCCCCCCCCCOC(=O)CC(C)(C(=O)OCCCCCCCCCCCC)S(=O)(=O)O.[NaH]. The van der Waals surface area contributed by atoms with Crippen molar-refractivity contribution < 1.29 is 32.0 Å². The van der Waals surface area contributed by atoms with Crippen LogP contribution in [0.5, 0.6) is 0 Å². The van der Waals surface area contributed by atoms with E-state index in [1.54, 1.807) is 0 Å². The Kier molecular flexibility index (Phi) is 27.1. The molecule has 0 rings (SSSR count). The van der Waals surface area contributed by atoms with Gasteiger partial charge in [-0.15, -0.1) is 0 Å². The molecule has 0 amide bonds. The zero-order valence-corrected chi connectivity index (χ0v) is 24.9. The molecule has 7 nitrogen and oxygen atoms in total. The van der Waals surface area contributed by atoms with Gasteiger partial charge in [0.1, 0.15) is 0 Å². The Morgan fingerprint density at radius 1 is 0.605 bits per heavy atom. The summed E-state index contributed by atoms with van der Waals surface area (Å²) in [6.45, 7) is 5.67. The molecule has 0 saturated heterocycles. The van der Waals surface area contributed by atoms with Crippen LogP contribution >= 0.6 is 0 Å². The maximum absolute atomic E-state index is 12.5. The number of hydrogen-bond acceptors (Lipinski definition) is 6. The number of hydrogen-bond donors (Lipinski definition) is 1. The third-order valence-corrected chi connectivity index (χ3v) is 8.42. The molecule has 0 radical (unpaired) electrons. The topological polar surface area (TPSA) is 107 Å². The van der Waals surface area contributed by atoms with E-state index in [-0.39, 0.29) is 42.8 Å². The molecule has 0 aliphatic carbocycles. The van der Waals surface area contributed by atoms with E-state index in [0.717, 1.165) is 45.4 Å². The van der Waals surface area contributed by atoms with E-state index in [4.69, 9.17) is 9.47 Å². The Bertz CT molecular complexity index is 684. The maximum atomic E-state index is 12.5. The molecule has 1 atom stereocenters. The van der Waals surface area contributed by atoms with Gasteiger partial charge in [-0.25, -0.2) is 0 Å². The van der Waals surface area contributed by atoms with Crippen LogP contribution in [0.4, 0.5) is 0 Å². The van der Waals surface area contributed by atoms with Crippen molar-refractivity contribution >= 4 is 51.6 Å². The molecule has 0 fully saturated rings. The molecule has 0 bridgehead atoms. The molecule has 0 aliphatic heterocycles. The summed E-state index contributed by atoms with van der Waals surface area (Å²) in [5, 5.41) is 0. The van der Waals surface area contributed by atoms with E-state index in [1.165, 1.54) is 77.0 Å². The summed E-state index contributed by atoms with van der Waals surface area (Å²) < 4.78 is 41.4. The number of carbonyl (C=O) groups is 2. The van der Waals surface area contributed by atoms with Gasteiger partial charge in [-0.05, 0) is 19.8 Å². The van der Waals surface area contributed by atoms with E-state index in [0.29, 0.717) is 12.8 Å². The number of esters is 2. The zero-order chi connectivity index (χ0) is 27.8. The van der Waals surface area contributed by atoms with E-state index in [1.807, 2.05) is 0 Å². The van der Waals surface area contributed by atoms with Gasteiger partial charge < -0.3 is 9.47 Å². The quantitative estimate of drug-likeness (QED) is 0.0501. The summed E-state index contributed by atoms with van der Waals surface area (Å²) in [7, 11) is -4.85. The predicted octanol–water partition coefficient (Wildman–Crippen LogP) is 7.30. The third kappa shape index (κ3) is 20.7. The van der Waals surface area contributed by atoms with Crippen molar-refractivity contribution in [3.63, 3.8) is 0 Å². The second-order valence-corrected chi connectivity index (χ2v) is 12.5. The fourth-order valence-electron chi connectivity index (χ4n) is 4.28. The molecular weight excluding hydrogens is 515 g/mol. The Labute approximate surface area is 256 Å². The third-order valence-electron chi connectivity index (χ3n) is 6.97. The molecule has 222 valence electrons. The van der Waals surface area contributed by atoms with Gasteiger partial charge in [0, 0.05) is 0 Å². The van der Waals surface area contributed by atoms with Crippen LogP contribution in [-0.2, 0) is 29.2 Å². The van der Waals surface area contributed by atoms with Crippen LogP contribution < -0.4 is 0 Å². The summed E-state index contributed by atoms with van der Waals surface area (Å²) in [5.41, 5.74) is 0. The van der Waals surface area contributed by atoms with Gasteiger partial charge >= 0.3 is 41.5 Å². The van der Waals surface area contributed by atoms with Gasteiger partial charge in [0.25, 0.3) is 10.1 Å². The first-order valence-electron chi connectivity index (χ1n) is 15.0. The molecule has 1 unspecified atom stereocenters. The Morgan fingerprint density at radius 2 is 0.921 bits per heavy atom. The van der Waals surface area contributed by atoms with Gasteiger partial charge in [0.2, 0.25) is 4.75 Å². The van der Waals surface area contributed by atoms with E-state index in [9.17, 15) is 22.6 Å². The van der Waals surface area contributed by atoms with Gasteiger partial charge in [-0.1, -0.05) is 129 Å². The number of rotatable bonds is 26. The van der Waals surface area contributed by atoms with Crippen molar-refractivity contribution in [2.24, 2.45) is 0 Å². The molecule has 9 heteroatoms. The Hall–Kier alpha value is -0.150. The molecule has 0 aromatic carbocycles. The van der Waals surface area contributed by atoms with Gasteiger partial charge in [-0.2, -0.15) is 8.42 Å². The Balaban J connectivity index is 0. The fraction of sp³-hybridized carbons (Fsp3) is 0.931. The molecule has 0 aliphatic rings. The van der Waals surface area contributed by atoms with E-state index in [2.05, 4.69) is 13.8 Å². The molecular formula is C29H57NaO7S. The summed E-state index contributed by atoms with van der Waals surface area (Å²) in [6.07, 6.45) is 21.9. The van der Waals surface area contributed by atoms with Crippen LogP contribution in [-0.4, -0.2) is 72.4 Å². The van der Waals surface area contributed by atoms with Crippen molar-refractivity contribution in [3.8, 4) is 0 Å². The van der Waals surface area contributed by atoms with E-state index < -0.39 is 33.2 Å². The zero-order valence-electron chi connectivity index (χ0n) is 24.1. The van der Waals surface area contributed by atoms with Gasteiger partial charge in [0.15, 0.2) is 0 Å². The van der Waals surface area contributed by atoms with Gasteiger partial charge in [-0.3, -0.25) is 14.1 Å². The standard InChI is InChI=1S/C29H56O7S.Na.H/c1-4-6-8-10-12-14-16-18-20-22-24-35-27(30)26-29(3,37(32,33)34)28(31)36-25-23-21-19-17-15-13-11-9-7-5-2;;/h4-26H2,1-3H3,(H,32,33,34);;. The van der Waals surface area contributed by atoms with Gasteiger partial charge in [0.05, 0.1) is 19.6 Å². The predicted molar refractivity (Wildman–Crippen MR) is 157 cm³/mol. The molecule has 0 aromatic heterocycles. The molecule has 0 spiro atoms. The van der Waals surface area contributed by atoms with E-state index >= 15 is 0 Å². The minimum atomic E-state index is -4.85. The van der Waals surface area contributed by atoms with Crippen LogP contribution in [0.15, 0.2) is 0 Å². The number of unbranched alkanes of at least 4 members (excludes halogenated alkanes) is 18. The first-order valence-corrected chi connectivity index (χ1v) is 16.4. The molecule has 38 heavy (non-hydrogen) atoms. The molecule has 0 saturated carbocycles. The second kappa shape index (κ2) is 25.8. The number of ether oxygens (including phenoxy) is 2. The summed E-state index contributed by atoms with van der Waals surface area (Å²) in [6, 6.07) is 0. The molecule has 1 N–H and O–H groups in total. The normalized spacial score (nSPS) is 12.9. The second-order valence-electron chi connectivity index (χ2n) is 10.6. The van der Waals surface area contributed by atoms with Crippen LogP contribution in [0.3, 0.4) is 0 Å². The first kappa shape index (κ1) is 40.0. The van der Waals surface area contributed by atoms with Crippen molar-refractivity contribution in [1.29, 1.82) is 0 Å². The first-order chi connectivity index (χ1) is 17.7. The summed E-state index contributed by atoms with van der Waals surface area (Å²) >= 11 is 0. The van der Waals surface area contributed by atoms with Crippen LogP contribution in [0.25, 0.3) is 0 Å². The van der Waals surface area contributed by atoms with Crippen LogP contribution in [0.1, 0.15) is 156 Å². The van der Waals surface area contributed by atoms with Crippen molar-refractivity contribution in [3.05, 3.63) is 0 Å². The molecule has 0 heterocycles. The minimum absolute atomic E-state index is 0. The summed E-state index contributed by atoms with van der Waals surface area (Å²) in [5.74, 6) is -1.94. The number of carbonyl (C=O) groups excluding carboxylic acids is 2. The van der Waals surface area contributed by atoms with Crippen LogP contribution in [0.2, 0.25) is 0 Å². The average Bonchev–Trinajstić information content (AvgIpc) is 2.84. The van der Waals surface area contributed by atoms with Crippen LogP contribution in [0, 0.1) is 0 Å². The van der Waals surface area contributed by atoms with Crippen molar-refractivity contribution in [2.45, 2.75) is 160 Å². The molecule has 0 aromatic rings. The van der Waals surface area contributed by atoms with Crippen molar-refractivity contribution in [2.75, 3.05) is 13.2 Å². The average molecular weight is 573 g/mol. The summed E-state index contributed by atoms with van der Waals surface area (Å²) in [4.78, 5) is 24.7. The Morgan fingerprint density at radius 3 is 1.26 bits per heavy atom. The fourth-order valence-corrected chi connectivity index (χ4v) is 4.85.